The number of ether oxygens (including phenoxy) is 2. The topological polar surface area (TPSA) is 97.0 Å². The number of hydrogen-bond donors (Lipinski definition) is 2. The molecule has 0 radical (unpaired) electrons. The lowest BCUT2D eigenvalue weighted by molar-refractivity contribution is -0.144. The van der Waals surface area contributed by atoms with E-state index < -0.39 is 29.6 Å². The maximum atomic E-state index is 14.5. The van der Waals surface area contributed by atoms with Crippen molar-refractivity contribution in [2.45, 2.75) is 107 Å². The average molecular weight is 598 g/mol. The van der Waals surface area contributed by atoms with Crippen LogP contribution in [-0.2, 0) is 19.1 Å². The van der Waals surface area contributed by atoms with E-state index >= 15 is 0 Å². The smallest absolute Gasteiger partial charge is 0.246 e. The zero-order valence-corrected chi connectivity index (χ0v) is 25.3. The molecule has 0 unspecified atom stereocenters. The molecule has 3 aliphatic heterocycles. The highest BCUT2D eigenvalue weighted by molar-refractivity contribution is 6.03. The van der Waals surface area contributed by atoms with Crippen LogP contribution >= 0.6 is 0 Å². The summed E-state index contributed by atoms with van der Waals surface area (Å²) >= 11 is 0. The van der Waals surface area contributed by atoms with Gasteiger partial charge in [0, 0.05) is 17.8 Å². The summed E-state index contributed by atoms with van der Waals surface area (Å²) in [5.41, 5.74) is -0.511. The van der Waals surface area contributed by atoms with Gasteiger partial charge in [-0.25, -0.2) is 0 Å². The molecule has 232 valence electrons. The number of hydrogen-bond acceptors (Lipinski definition) is 5. The first-order valence-electron chi connectivity index (χ1n) is 16.7. The molecule has 44 heavy (non-hydrogen) atoms. The molecule has 2 aliphatic carbocycles. The summed E-state index contributed by atoms with van der Waals surface area (Å²) in [6, 6.07) is 16.1. The van der Waals surface area contributed by atoms with E-state index in [1.165, 1.54) is 12.8 Å². The fourth-order valence-corrected chi connectivity index (χ4v) is 8.30. The van der Waals surface area contributed by atoms with Crippen LogP contribution < -0.4 is 15.4 Å². The molecule has 2 bridgehead atoms. The van der Waals surface area contributed by atoms with E-state index in [-0.39, 0.29) is 29.8 Å². The summed E-state index contributed by atoms with van der Waals surface area (Å²) in [6.45, 7) is 0. The number of nitrogens with zero attached hydrogens (tertiary/aromatic N) is 1. The van der Waals surface area contributed by atoms with E-state index in [1.54, 1.807) is 12.1 Å². The van der Waals surface area contributed by atoms with Crippen molar-refractivity contribution in [2.75, 3.05) is 5.32 Å². The monoisotopic (exact) mass is 597 g/mol. The third kappa shape index (κ3) is 5.42. The first kappa shape index (κ1) is 29.1. The molecular formula is C36H43N3O5. The minimum Gasteiger partial charge on any atom is -0.457 e. The molecule has 8 nitrogen and oxygen atoms in total. The maximum absolute atomic E-state index is 14.5. The summed E-state index contributed by atoms with van der Waals surface area (Å²) in [4.78, 5) is 44.5. The van der Waals surface area contributed by atoms with Crippen LogP contribution in [0.15, 0.2) is 66.7 Å². The number of amides is 3. The minimum absolute atomic E-state index is 0.0261. The lowest BCUT2D eigenvalue weighted by atomic mass is 9.74. The molecule has 0 aromatic heterocycles. The molecule has 5 atom stereocenters. The quantitative estimate of drug-likeness (QED) is 0.375. The average Bonchev–Trinajstić information content (AvgIpc) is 3.66. The van der Waals surface area contributed by atoms with Gasteiger partial charge in [0.1, 0.15) is 23.1 Å². The zero-order chi connectivity index (χ0) is 30.1. The van der Waals surface area contributed by atoms with Gasteiger partial charge in [0.05, 0.1) is 17.9 Å². The predicted molar refractivity (Wildman–Crippen MR) is 167 cm³/mol. The van der Waals surface area contributed by atoms with E-state index in [0.29, 0.717) is 11.4 Å². The van der Waals surface area contributed by atoms with Crippen molar-refractivity contribution in [3.63, 3.8) is 0 Å². The second-order valence-corrected chi connectivity index (χ2v) is 13.2. The summed E-state index contributed by atoms with van der Waals surface area (Å²) in [6.07, 6.45) is 15.9. The van der Waals surface area contributed by atoms with E-state index in [9.17, 15) is 14.4 Å². The van der Waals surface area contributed by atoms with E-state index in [4.69, 9.17) is 9.47 Å². The molecule has 1 spiro atoms. The molecule has 2 aromatic rings. The molecule has 8 heteroatoms. The Bertz CT molecular complexity index is 1380. The highest BCUT2D eigenvalue weighted by Gasteiger charge is 2.73. The largest absolute Gasteiger partial charge is 0.457 e. The lowest BCUT2D eigenvalue weighted by Gasteiger charge is -2.38. The molecule has 4 fully saturated rings. The molecule has 2 aromatic carbocycles. The summed E-state index contributed by atoms with van der Waals surface area (Å²) < 4.78 is 12.5. The van der Waals surface area contributed by atoms with Crippen molar-refractivity contribution >= 4 is 23.4 Å². The number of rotatable bonds is 7. The van der Waals surface area contributed by atoms with Gasteiger partial charge in [-0.3, -0.25) is 14.4 Å². The van der Waals surface area contributed by atoms with Crippen LogP contribution in [0.3, 0.4) is 0 Å². The highest BCUT2D eigenvalue weighted by atomic mass is 16.5. The van der Waals surface area contributed by atoms with Crippen LogP contribution in [-0.4, -0.2) is 52.5 Å². The number of para-hydroxylation sites is 1. The van der Waals surface area contributed by atoms with Gasteiger partial charge < -0.3 is 25.0 Å². The Morgan fingerprint density at radius 2 is 1.43 bits per heavy atom. The first-order chi connectivity index (χ1) is 21.5. The third-order valence-corrected chi connectivity index (χ3v) is 10.4. The highest BCUT2D eigenvalue weighted by Crippen LogP contribution is 2.56. The molecule has 5 aliphatic rings. The maximum Gasteiger partial charge on any atom is 0.246 e. The van der Waals surface area contributed by atoms with Gasteiger partial charge in [-0.1, -0.05) is 81.7 Å². The number of likely N-dealkylation sites (tertiary alicyclic amines) is 1. The van der Waals surface area contributed by atoms with Crippen LogP contribution in [0.4, 0.5) is 5.69 Å². The van der Waals surface area contributed by atoms with Crippen molar-refractivity contribution in [3.05, 3.63) is 66.7 Å². The molecule has 7 rings (SSSR count). The van der Waals surface area contributed by atoms with Crippen LogP contribution in [0, 0.1) is 11.8 Å². The Kier molecular flexibility index (Phi) is 8.19. The molecule has 2 saturated heterocycles. The zero-order valence-electron chi connectivity index (χ0n) is 25.3. The third-order valence-electron chi connectivity index (χ3n) is 10.4. The second-order valence-electron chi connectivity index (χ2n) is 13.2. The Labute approximate surface area is 259 Å². The number of carbonyl (C=O) groups excluding carboxylic acids is 3. The fraction of sp³-hybridized carbons (Fsp3) is 0.528. The first-order valence-corrected chi connectivity index (χ1v) is 16.7. The van der Waals surface area contributed by atoms with Crippen molar-refractivity contribution in [1.29, 1.82) is 0 Å². The van der Waals surface area contributed by atoms with Gasteiger partial charge in [-0.2, -0.15) is 0 Å². The Balaban J connectivity index is 1.13. The summed E-state index contributed by atoms with van der Waals surface area (Å²) in [5.74, 6) is -0.555. The Hall–Kier alpha value is -3.65. The fourth-order valence-electron chi connectivity index (χ4n) is 8.30. The SMILES string of the molecule is O=C(Nc1ccc(Oc2ccccc2)cc1)[C@@H]1[C@@H]2C=C[C@]3(O2)[C@@H]1C(=O)N(C1CCCCCCC1)[C@@H]3C(=O)NC1CCCCC1. The number of anilines is 1. The van der Waals surface area contributed by atoms with Crippen LogP contribution in [0.5, 0.6) is 11.5 Å². The number of benzene rings is 2. The standard InChI is InChI=1S/C36H43N3O5/c40-33(37-25-18-20-28(21-19-25)43-27-16-10-5-11-17-27)30-29-22-23-36(44-29)31(30)35(42)39(26-14-8-2-1-3-9-15-26)32(36)34(41)38-24-12-6-4-7-13-24/h5,10-11,16-24,26,29-32H,1-4,6-9,12-15H2,(H,37,40)(H,38,41)/t29-,30+,31-,32+,36-/m0/s1. The van der Waals surface area contributed by atoms with Crippen molar-refractivity contribution in [2.24, 2.45) is 11.8 Å². The number of nitrogens with one attached hydrogen (secondary N) is 2. The van der Waals surface area contributed by atoms with Crippen LogP contribution in [0.25, 0.3) is 0 Å². The van der Waals surface area contributed by atoms with Crippen LogP contribution in [0.2, 0.25) is 0 Å². The van der Waals surface area contributed by atoms with Crippen molar-refractivity contribution < 1.29 is 23.9 Å². The normalized spacial score (nSPS) is 30.5. The summed E-state index contributed by atoms with van der Waals surface area (Å²) in [7, 11) is 0. The van der Waals surface area contributed by atoms with E-state index in [1.807, 2.05) is 59.5 Å². The lowest BCUT2D eigenvalue weighted by Crippen LogP contribution is -2.58. The van der Waals surface area contributed by atoms with Crippen molar-refractivity contribution in [1.82, 2.24) is 10.2 Å². The molecule has 3 heterocycles. The second kappa shape index (κ2) is 12.4. The molecular weight excluding hydrogens is 554 g/mol. The van der Waals surface area contributed by atoms with Gasteiger partial charge in [-0.15, -0.1) is 0 Å². The molecule has 3 amide bonds. The van der Waals surface area contributed by atoms with Gasteiger partial charge in [0.2, 0.25) is 17.7 Å². The van der Waals surface area contributed by atoms with E-state index in [0.717, 1.165) is 70.0 Å². The molecule has 2 saturated carbocycles. The number of carbonyl (C=O) groups is 3. The van der Waals surface area contributed by atoms with Crippen molar-refractivity contribution in [3.8, 4) is 11.5 Å². The number of fused-ring (bicyclic) bond motifs is 1. The van der Waals surface area contributed by atoms with Gasteiger partial charge in [0.15, 0.2) is 0 Å². The Morgan fingerprint density at radius 1 is 0.795 bits per heavy atom. The summed E-state index contributed by atoms with van der Waals surface area (Å²) in [5, 5.41) is 6.35. The minimum atomic E-state index is -1.13. The van der Waals surface area contributed by atoms with E-state index in [2.05, 4.69) is 10.6 Å². The van der Waals surface area contributed by atoms with Crippen LogP contribution in [0.1, 0.15) is 77.0 Å². The van der Waals surface area contributed by atoms with Gasteiger partial charge in [0.25, 0.3) is 0 Å². The molecule has 2 N–H and O–H groups in total. The Morgan fingerprint density at radius 3 is 2.16 bits per heavy atom. The predicted octanol–water partition coefficient (Wildman–Crippen LogP) is 6.13. The van der Waals surface area contributed by atoms with Gasteiger partial charge >= 0.3 is 0 Å². The van der Waals surface area contributed by atoms with Gasteiger partial charge in [-0.05, 0) is 62.1 Å².